The summed E-state index contributed by atoms with van der Waals surface area (Å²) in [6.07, 6.45) is 0.0930. The van der Waals surface area contributed by atoms with Crippen molar-refractivity contribution in [2.45, 2.75) is 12.3 Å². The predicted molar refractivity (Wildman–Crippen MR) is 108 cm³/mol. The highest BCUT2D eigenvalue weighted by Crippen LogP contribution is 2.57. The second-order valence-electron chi connectivity index (χ2n) is 4.48. The summed E-state index contributed by atoms with van der Waals surface area (Å²) < 4.78 is 47.5. The van der Waals surface area contributed by atoms with Crippen molar-refractivity contribution in [3.63, 3.8) is 0 Å². The van der Waals surface area contributed by atoms with E-state index in [9.17, 15) is 9.13 Å². The maximum Gasteiger partial charge on any atom is 0.334 e. The van der Waals surface area contributed by atoms with Gasteiger partial charge in [-0.05, 0) is 74.8 Å². The first-order valence-corrected chi connectivity index (χ1v) is 13.0. The Bertz CT molecular complexity index is 607. The zero-order valence-electron chi connectivity index (χ0n) is 13.3. The zero-order chi connectivity index (χ0) is 18.7. The van der Waals surface area contributed by atoms with Gasteiger partial charge in [0.25, 0.3) is 0 Å². The molecule has 0 spiro atoms. The number of hydrogen-bond acceptors (Lipinski definition) is 6. The lowest BCUT2D eigenvalue weighted by atomic mass is 10.2. The van der Waals surface area contributed by atoms with Crippen LogP contribution in [0.1, 0.15) is 11.1 Å². The van der Waals surface area contributed by atoms with Gasteiger partial charge in [0.1, 0.15) is 0 Å². The van der Waals surface area contributed by atoms with Crippen LogP contribution >= 0.6 is 78.9 Å². The molecule has 1 aromatic rings. The highest BCUT2D eigenvalue weighted by atomic mass is 79.9. The van der Waals surface area contributed by atoms with Gasteiger partial charge in [-0.1, -0.05) is 0 Å². The smallest absolute Gasteiger partial charge is 0.312 e. The first kappa shape index (κ1) is 23.5. The number of halogens is 4. The highest BCUT2D eigenvalue weighted by Gasteiger charge is 2.31. The molecular weight excluding hydrogens is 622 g/mol. The molecular formula is C12H16Br4O6P2. The molecule has 0 aliphatic heterocycles. The summed E-state index contributed by atoms with van der Waals surface area (Å²) in [4.78, 5) is 0. The molecule has 12 heteroatoms. The molecule has 0 radical (unpaired) electrons. The van der Waals surface area contributed by atoms with Gasteiger partial charge in [-0.25, -0.2) is 0 Å². The van der Waals surface area contributed by atoms with Gasteiger partial charge in [-0.3, -0.25) is 9.13 Å². The summed E-state index contributed by atoms with van der Waals surface area (Å²) >= 11 is 13.9. The molecule has 24 heavy (non-hydrogen) atoms. The van der Waals surface area contributed by atoms with E-state index >= 15 is 0 Å². The Hall–Kier alpha value is 1.44. The van der Waals surface area contributed by atoms with Crippen LogP contribution in [-0.2, 0) is 39.5 Å². The average molecular weight is 638 g/mol. The van der Waals surface area contributed by atoms with E-state index in [4.69, 9.17) is 18.1 Å². The molecule has 0 aliphatic rings. The van der Waals surface area contributed by atoms with Gasteiger partial charge < -0.3 is 18.1 Å². The standard InChI is InChI=1S/C12H16Br4O6P2/c1-19-23(17,20-2)5-7-9(13)11(15)8(12(16)10(7)14)6-24(18,21-3)22-4/h5-6H2,1-4H3. The Morgan fingerprint density at radius 3 is 1.00 bits per heavy atom. The fraction of sp³-hybridized carbons (Fsp3) is 0.500. The van der Waals surface area contributed by atoms with Crippen molar-refractivity contribution < 1.29 is 27.2 Å². The summed E-state index contributed by atoms with van der Waals surface area (Å²) in [7, 11) is -1.21. The maximum absolute atomic E-state index is 12.5. The molecule has 0 atom stereocenters. The van der Waals surface area contributed by atoms with Crippen LogP contribution in [0.5, 0.6) is 0 Å². The van der Waals surface area contributed by atoms with E-state index in [1.54, 1.807) is 0 Å². The molecule has 0 heterocycles. The molecule has 0 saturated heterocycles. The minimum atomic E-state index is -3.27. The van der Waals surface area contributed by atoms with E-state index in [0.717, 1.165) is 0 Å². The molecule has 0 saturated carbocycles. The van der Waals surface area contributed by atoms with Crippen molar-refractivity contribution in [2.75, 3.05) is 28.4 Å². The van der Waals surface area contributed by atoms with E-state index in [1.807, 2.05) is 0 Å². The van der Waals surface area contributed by atoms with Crippen LogP contribution in [0.3, 0.4) is 0 Å². The molecule has 0 aromatic heterocycles. The maximum atomic E-state index is 12.5. The van der Waals surface area contributed by atoms with Crippen LogP contribution in [-0.4, -0.2) is 28.4 Å². The van der Waals surface area contributed by atoms with Crippen molar-refractivity contribution in [3.8, 4) is 0 Å². The van der Waals surface area contributed by atoms with Crippen molar-refractivity contribution in [2.24, 2.45) is 0 Å². The number of rotatable bonds is 8. The fourth-order valence-corrected chi connectivity index (χ4v) is 7.73. The fourth-order valence-electron chi connectivity index (χ4n) is 1.79. The highest BCUT2D eigenvalue weighted by molar-refractivity contribution is 9.14. The molecule has 138 valence electrons. The van der Waals surface area contributed by atoms with Gasteiger partial charge in [0.15, 0.2) is 0 Å². The molecule has 0 N–H and O–H groups in total. The quantitative estimate of drug-likeness (QED) is 0.233. The lowest BCUT2D eigenvalue weighted by Crippen LogP contribution is -2.02. The second kappa shape index (κ2) is 9.58. The third-order valence-corrected chi connectivity index (χ3v) is 11.5. The van der Waals surface area contributed by atoms with Gasteiger partial charge in [-0.2, -0.15) is 0 Å². The summed E-state index contributed by atoms with van der Waals surface area (Å²) in [6.45, 7) is 0. The van der Waals surface area contributed by atoms with E-state index in [2.05, 4.69) is 63.7 Å². The van der Waals surface area contributed by atoms with Gasteiger partial charge in [0, 0.05) is 46.3 Å². The van der Waals surface area contributed by atoms with Crippen molar-refractivity contribution >= 4 is 78.9 Å². The molecule has 0 fully saturated rings. The SMILES string of the molecule is COP(=O)(Cc1c(Br)c(Br)c(CP(=O)(OC)OC)c(Br)c1Br)OC. The van der Waals surface area contributed by atoms with Crippen LogP contribution in [0.4, 0.5) is 0 Å². The molecule has 1 aromatic carbocycles. The first-order valence-electron chi connectivity index (χ1n) is 6.32. The largest absolute Gasteiger partial charge is 0.334 e. The lowest BCUT2D eigenvalue weighted by Gasteiger charge is -2.21. The van der Waals surface area contributed by atoms with Gasteiger partial charge in [0.2, 0.25) is 0 Å². The van der Waals surface area contributed by atoms with Crippen LogP contribution < -0.4 is 0 Å². The zero-order valence-corrected chi connectivity index (χ0v) is 21.4. The van der Waals surface area contributed by atoms with Crippen molar-refractivity contribution in [1.29, 1.82) is 0 Å². The molecule has 0 unspecified atom stereocenters. The van der Waals surface area contributed by atoms with E-state index in [0.29, 0.717) is 29.0 Å². The predicted octanol–water partition coefficient (Wildman–Crippen LogP) is 6.71. The summed E-state index contributed by atoms with van der Waals surface area (Å²) in [5.74, 6) is 0. The Morgan fingerprint density at radius 1 is 0.625 bits per heavy atom. The van der Waals surface area contributed by atoms with E-state index in [1.165, 1.54) is 28.4 Å². The molecule has 1 rings (SSSR count). The second-order valence-corrected chi connectivity index (χ2v) is 12.2. The Labute approximate surface area is 174 Å². The molecule has 0 amide bonds. The van der Waals surface area contributed by atoms with Crippen molar-refractivity contribution in [3.05, 3.63) is 29.0 Å². The minimum absolute atomic E-state index is 0.0465. The Balaban J connectivity index is 3.46. The van der Waals surface area contributed by atoms with E-state index in [-0.39, 0.29) is 12.3 Å². The van der Waals surface area contributed by atoms with Crippen LogP contribution in [0.25, 0.3) is 0 Å². The third kappa shape index (κ3) is 5.24. The topological polar surface area (TPSA) is 71.1 Å². The van der Waals surface area contributed by atoms with E-state index < -0.39 is 15.2 Å². The normalized spacial score (nSPS) is 12.7. The lowest BCUT2D eigenvalue weighted by molar-refractivity contribution is 0.273. The van der Waals surface area contributed by atoms with Gasteiger partial charge in [-0.15, -0.1) is 0 Å². The monoisotopic (exact) mass is 634 g/mol. The summed E-state index contributed by atoms with van der Waals surface area (Å²) in [5.41, 5.74) is 1.35. The summed E-state index contributed by atoms with van der Waals surface area (Å²) in [5, 5.41) is 0. The molecule has 0 aliphatic carbocycles. The van der Waals surface area contributed by atoms with Crippen LogP contribution in [0.15, 0.2) is 17.9 Å². The van der Waals surface area contributed by atoms with Gasteiger partial charge in [0.05, 0.1) is 12.3 Å². The molecule has 6 nitrogen and oxygen atoms in total. The van der Waals surface area contributed by atoms with Gasteiger partial charge >= 0.3 is 15.2 Å². The number of benzene rings is 1. The average Bonchev–Trinajstić information content (AvgIpc) is 2.60. The molecule has 0 bridgehead atoms. The number of hydrogen-bond donors (Lipinski definition) is 0. The Morgan fingerprint density at radius 2 is 0.833 bits per heavy atom. The minimum Gasteiger partial charge on any atom is -0.312 e. The van der Waals surface area contributed by atoms with Crippen LogP contribution in [0.2, 0.25) is 0 Å². The third-order valence-electron chi connectivity index (χ3n) is 3.26. The Kier molecular flexibility index (Phi) is 9.37. The van der Waals surface area contributed by atoms with Crippen LogP contribution in [0, 0.1) is 0 Å². The summed E-state index contributed by atoms with van der Waals surface area (Å²) in [6, 6.07) is 0. The first-order chi connectivity index (χ1) is 11.1. The van der Waals surface area contributed by atoms with Crippen molar-refractivity contribution in [1.82, 2.24) is 0 Å².